The van der Waals surface area contributed by atoms with Gasteiger partial charge in [-0.1, -0.05) is 37.3 Å². The fourth-order valence-electron chi connectivity index (χ4n) is 2.51. The van der Waals surface area contributed by atoms with E-state index in [2.05, 4.69) is 72.3 Å². The zero-order valence-corrected chi connectivity index (χ0v) is 13.5. The molecule has 2 rings (SSSR count). The summed E-state index contributed by atoms with van der Waals surface area (Å²) in [5, 5.41) is 8.22. The molecule has 1 N–H and O–H groups in total. The average Bonchev–Trinajstić information content (AvgIpc) is 2.94. The highest BCUT2D eigenvalue weighted by molar-refractivity contribution is 5.15. The first kappa shape index (κ1) is 15.8. The van der Waals surface area contributed by atoms with Crippen LogP contribution < -0.4 is 5.32 Å². The molecule has 21 heavy (non-hydrogen) atoms. The first-order chi connectivity index (χ1) is 10.2. The normalized spacial score (nSPS) is 12.5. The second-order valence-electron chi connectivity index (χ2n) is 5.60. The highest BCUT2D eigenvalue weighted by Gasteiger charge is 2.07. The minimum Gasteiger partial charge on any atom is -0.309 e. The fourth-order valence-corrected chi connectivity index (χ4v) is 2.51. The van der Waals surface area contributed by atoms with E-state index in [1.807, 2.05) is 0 Å². The van der Waals surface area contributed by atoms with Gasteiger partial charge in [-0.3, -0.25) is 4.68 Å². The molecular weight excluding hydrogens is 258 g/mol. The maximum absolute atomic E-state index is 4.60. The van der Waals surface area contributed by atoms with Crippen LogP contribution in [0.5, 0.6) is 0 Å². The first-order valence-electron chi connectivity index (χ1n) is 8.05. The van der Waals surface area contributed by atoms with Crippen molar-refractivity contribution >= 4 is 0 Å². The van der Waals surface area contributed by atoms with E-state index in [1.54, 1.807) is 0 Å². The first-order valence-corrected chi connectivity index (χ1v) is 8.05. The number of nitrogens with zero attached hydrogens (tertiary/aromatic N) is 2. The van der Waals surface area contributed by atoms with Crippen LogP contribution in [-0.2, 0) is 25.9 Å². The molecule has 0 saturated carbocycles. The summed E-state index contributed by atoms with van der Waals surface area (Å²) in [7, 11) is 0. The van der Waals surface area contributed by atoms with Crippen molar-refractivity contribution in [3.63, 3.8) is 0 Å². The largest absolute Gasteiger partial charge is 0.309 e. The Labute approximate surface area is 128 Å². The number of rotatable bonds is 8. The molecule has 0 aliphatic heterocycles. The van der Waals surface area contributed by atoms with Crippen molar-refractivity contribution in [2.75, 3.05) is 0 Å². The summed E-state index contributed by atoms with van der Waals surface area (Å²) >= 11 is 0. The monoisotopic (exact) mass is 285 g/mol. The standard InChI is InChI=1S/C18H27N3/c1-4-17-13-18(21(5-2)20-17)14-19-15(3)11-12-16-9-7-6-8-10-16/h6-10,13,15,19H,4-5,11-12,14H2,1-3H3. The predicted molar refractivity (Wildman–Crippen MR) is 88.3 cm³/mol. The van der Waals surface area contributed by atoms with Gasteiger partial charge in [0, 0.05) is 19.1 Å². The van der Waals surface area contributed by atoms with Crippen LogP contribution in [0, 0.1) is 0 Å². The van der Waals surface area contributed by atoms with Crippen molar-refractivity contribution in [3.8, 4) is 0 Å². The van der Waals surface area contributed by atoms with Gasteiger partial charge in [-0.15, -0.1) is 0 Å². The van der Waals surface area contributed by atoms with Crippen molar-refractivity contribution < 1.29 is 0 Å². The molecule has 1 atom stereocenters. The molecule has 0 bridgehead atoms. The van der Waals surface area contributed by atoms with E-state index in [0.717, 1.165) is 32.4 Å². The van der Waals surface area contributed by atoms with Gasteiger partial charge in [-0.25, -0.2) is 0 Å². The number of hydrogen-bond acceptors (Lipinski definition) is 2. The Bertz CT molecular complexity index is 531. The summed E-state index contributed by atoms with van der Waals surface area (Å²) in [4.78, 5) is 0. The molecule has 1 unspecified atom stereocenters. The van der Waals surface area contributed by atoms with Gasteiger partial charge >= 0.3 is 0 Å². The van der Waals surface area contributed by atoms with Crippen molar-refractivity contribution in [2.24, 2.45) is 0 Å². The molecule has 1 aromatic heterocycles. The quantitative estimate of drug-likeness (QED) is 0.803. The van der Waals surface area contributed by atoms with E-state index in [0.29, 0.717) is 6.04 Å². The van der Waals surface area contributed by atoms with Gasteiger partial charge in [0.25, 0.3) is 0 Å². The third-order valence-corrected chi connectivity index (χ3v) is 3.92. The van der Waals surface area contributed by atoms with Crippen molar-refractivity contribution in [1.29, 1.82) is 0 Å². The summed E-state index contributed by atoms with van der Waals surface area (Å²) in [6.45, 7) is 8.40. The number of hydrogen-bond donors (Lipinski definition) is 1. The van der Waals surface area contributed by atoms with Crippen LogP contribution in [0.1, 0.15) is 44.1 Å². The lowest BCUT2D eigenvalue weighted by atomic mass is 10.1. The highest BCUT2D eigenvalue weighted by Crippen LogP contribution is 2.08. The van der Waals surface area contributed by atoms with E-state index in [-0.39, 0.29) is 0 Å². The Morgan fingerprint density at radius 1 is 1.19 bits per heavy atom. The second kappa shape index (κ2) is 7.99. The van der Waals surface area contributed by atoms with E-state index in [9.17, 15) is 0 Å². The number of aryl methyl sites for hydroxylation is 3. The van der Waals surface area contributed by atoms with Gasteiger partial charge < -0.3 is 5.32 Å². The van der Waals surface area contributed by atoms with Gasteiger partial charge in [0.2, 0.25) is 0 Å². The highest BCUT2D eigenvalue weighted by atomic mass is 15.3. The molecule has 0 radical (unpaired) electrons. The zero-order valence-electron chi connectivity index (χ0n) is 13.5. The maximum atomic E-state index is 4.60. The van der Waals surface area contributed by atoms with E-state index in [4.69, 9.17) is 0 Å². The molecule has 0 spiro atoms. The van der Waals surface area contributed by atoms with Crippen LogP contribution in [0.15, 0.2) is 36.4 Å². The third-order valence-electron chi connectivity index (χ3n) is 3.92. The fraction of sp³-hybridized carbons (Fsp3) is 0.500. The van der Waals surface area contributed by atoms with Crippen molar-refractivity contribution in [2.45, 2.75) is 59.2 Å². The molecule has 0 saturated heterocycles. The molecule has 2 aromatic rings. The maximum Gasteiger partial charge on any atom is 0.0625 e. The average molecular weight is 285 g/mol. The van der Waals surface area contributed by atoms with Crippen LogP contribution >= 0.6 is 0 Å². The van der Waals surface area contributed by atoms with Gasteiger partial charge in [-0.05, 0) is 44.7 Å². The van der Waals surface area contributed by atoms with Gasteiger partial charge in [-0.2, -0.15) is 5.10 Å². The molecule has 3 nitrogen and oxygen atoms in total. The molecule has 114 valence electrons. The van der Waals surface area contributed by atoms with E-state index >= 15 is 0 Å². The van der Waals surface area contributed by atoms with Crippen LogP contribution in [0.25, 0.3) is 0 Å². The van der Waals surface area contributed by atoms with E-state index in [1.165, 1.54) is 17.0 Å². The number of aromatic nitrogens is 2. The summed E-state index contributed by atoms with van der Waals surface area (Å²) in [5.41, 5.74) is 3.89. The van der Waals surface area contributed by atoms with Crippen LogP contribution in [-0.4, -0.2) is 15.8 Å². The predicted octanol–water partition coefficient (Wildman–Crippen LogP) is 3.58. The third kappa shape index (κ3) is 4.71. The summed E-state index contributed by atoms with van der Waals surface area (Å²) in [6, 6.07) is 13.4. The lowest BCUT2D eigenvalue weighted by Gasteiger charge is -2.14. The molecule has 0 fully saturated rings. The topological polar surface area (TPSA) is 29.9 Å². The summed E-state index contributed by atoms with van der Waals surface area (Å²) in [6.07, 6.45) is 3.29. The van der Waals surface area contributed by atoms with Crippen LogP contribution in [0.3, 0.4) is 0 Å². The van der Waals surface area contributed by atoms with Gasteiger partial charge in [0.15, 0.2) is 0 Å². The van der Waals surface area contributed by atoms with Crippen molar-refractivity contribution in [1.82, 2.24) is 15.1 Å². The molecule has 3 heteroatoms. The molecule has 1 heterocycles. The SMILES string of the molecule is CCc1cc(CNC(C)CCc2ccccc2)n(CC)n1. The smallest absolute Gasteiger partial charge is 0.0625 e. The Morgan fingerprint density at radius 3 is 2.62 bits per heavy atom. The molecule has 0 aliphatic carbocycles. The number of benzene rings is 1. The minimum absolute atomic E-state index is 0.510. The summed E-state index contributed by atoms with van der Waals surface area (Å²) < 4.78 is 2.11. The van der Waals surface area contributed by atoms with Crippen LogP contribution in [0.2, 0.25) is 0 Å². The molecule has 1 aromatic carbocycles. The van der Waals surface area contributed by atoms with Crippen molar-refractivity contribution in [3.05, 3.63) is 53.3 Å². The molecule has 0 amide bonds. The Kier molecular flexibility index (Phi) is 6.00. The van der Waals surface area contributed by atoms with Gasteiger partial charge in [0.05, 0.1) is 11.4 Å². The Balaban J connectivity index is 1.81. The summed E-state index contributed by atoms with van der Waals surface area (Å²) in [5.74, 6) is 0. The van der Waals surface area contributed by atoms with Crippen LogP contribution in [0.4, 0.5) is 0 Å². The lowest BCUT2D eigenvalue weighted by molar-refractivity contribution is 0.491. The second-order valence-corrected chi connectivity index (χ2v) is 5.60. The zero-order chi connectivity index (χ0) is 15.1. The Morgan fingerprint density at radius 2 is 1.95 bits per heavy atom. The van der Waals surface area contributed by atoms with E-state index < -0.39 is 0 Å². The Hall–Kier alpha value is -1.61. The molecule has 0 aliphatic rings. The minimum atomic E-state index is 0.510. The lowest BCUT2D eigenvalue weighted by Crippen LogP contribution is -2.27. The molecular formula is C18H27N3. The van der Waals surface area contributed by atoms with Gasteiger partial charge in [0.1, 0.15) is 0 Å². The number of nitrogens with one attached hydrogen (secondary N) is 1.